The van der Waals surface area contributed by atoms with E-state index in [2.05, 4.69) is 55.8 Å². The largest absolute Gasteiger partial charge is 0.444 e. The lowest BCUT2D eigenvalue weighted by molar-refractivity contribution is 0.0528. The Morgan fingerprint density at radius 2 is 1.41 bits per heavy atom. The van der Waals surface area contributed by atoms with E-state index in [9.17, 15) is 4.79 Å². The van der Waals surface area contributed by atoms with Crippen LogP contribution < -0.4 is 21.3 Å². The van der Waals surface area contributed by atoms with Crippen LogP contribution in [-0.2, 0) is 4.74 Å². The van der Waals surface area contributed by atoms with Crippen LogP contribution in [0.4, 0.5) is 22.6 Å². The number of nitrogens with zero attached hydrogens (tertiary/aromatic N) is 3. The summed E-state index contributed by atoms with van der Waals surface area (Å²) in [6.45, 7) is 10.3. The van der Waals surface area contributed by atoms with Crippen molar-refractivity contribution < 1.29 is 9.53 Å². The van der Waals surface area contributed by atoms with E-state index in [0.29, 0.717) is 49.7 Å². The van der Waals surface area contributed by atoms with Gasteiger partial charge in [-0.15, -0.1) is 0 Å². The van der Waals surface area contributed by atoms with Gasteiger partial charge in [0.25, 0.3) is 0 Å². The minimum atomic E-state index is -0.496. The molecule has 0 fully saturated rings. The fraction of sp³-hybridized carbons (Fsp3) is 0.789. The zero-order valence-corrected chi connectivity index (χ0v) is 19.1. The van der Waals surface area contributed by atoms with E-state index < -0.39 is 11.7 Å². The van der Waals surface area contributed by atoms with Gasteiger partial charge in [-0.25, -0.2) is 4.79 Å². The summed E-state index contributed by atoms with van der Waals surface area (Å²) in [7, 11) is 0. The second-order valence-corrected chi connectivity index (χ2v) is 8.10. The van der Waals surface area contributed by atoms with E-state index in [4.69, 9.17) is 4.74 Å². The SMILES string of the molecule is CCCCCCNc1nc(NCCS)nc(NCCCNC(=O)OC(C)(C)C)n1. The summed E-state index contributed by atoms with van der Waals surface area (Å²) in [6.07, 6.45) is 5.01. The van der Waals surface area contributed by atoms with Crippen LogP contribution in [0.15, 0.2) is 0 Å². The lowest BCUT2D eigenvalue weighted by Crippen LogP contribution is -2.33. The first-order valence-corrected chi connectivity index (χ1v) is 11.0. The monoisotopic (exact) mass is 427 g/mol. The van der Waals surface area contributed by atoms with Gasteiger partial charge in [0.1, 0.15) is 5.60 Å². The van der Waals surface area contributed by atoms with Gasteiger partial charge in [0.15, 0.2) is 0 Å². The van der Waals surface area contributed by atoms with Crippen molar-refractivity contribution in [3.05, 3.63) is 0 Å². The summed E-state index contributed by atoms with van der Waals surface area (Å²) >= 11 is 4.20. The van der Waals surface area contributed by atoms with Gasteiger partial charge in [0.05, 0.1) is 0 Å². The lowest BCUT2D eigenvalue weighted by atomic mass is 10.2. The zero-order valence-electron chi connectivity index (χ0n) is 18.2. The third-order valence-corrected chi connectivity index (χ3v) is 3.87. The number of unbranched alkanes of at least 4 members (excludes halogenated alkanes) is 3. The van der Waals surface area contributed by atoms with Gasteiger partial charge in [-0.1, -0.05) is 26.2 Å². The maximum atomic E-state index is 11.6. The molecule has 1 rings (SSSR count). The lowest BCUT2D eigenvalue weighted by Gasteiger charge is -2.19. The van der Waals surface area contributed by atoms with Crippen LogP contribution in [0, 0.1) is 0 Å². The van der Waals surface area contributed by atoms with Crippen molar-refractivity contribution in [1.29, 1.82) is 0 Å². The topological polar surface area (TPSA) is 113 Å². The molecule has 1 aromatic heterocycles. The maximum absolute atomic E-state index is 11.6. The summed E-state index contributed by atoms with van der Waals surface area (Å²) in [4.78, 5) is 24.8. The van der Waals surface area contributed by atoms with E-state index in [1.165, 1.54) is 19.3 Å². The van der Waals surface area contributed by atoms with Gasteiger partial charge in [0.2, 0.25) is 17.8 Å². The van der Waals surface area contributed by atoms with Crippen LogP contribution in [0.2, 0.25) is 0 Å². The van der Waals surface area contributed by atoms with E-state index in [-0.39, 0.29) is 0 Å². The molecule has 1 amide bonds. The van der Waals surface area contributed by atoms with Crippen LogP contribution in [0.5, 0.6) is 0 Å². The Hall–Kier alpha value is -1.97. The molecule has 0 saturated carbocycles. The Labute approximate surface area is 180 Å². The van der Waals surface area contributed by atoms with Gasteiger partial charge in [-0.05, 0) is 33.6 Å². The summed E-state index contributed by atoms with van der Waals surface area (Å²) in [5.41, 5.74) is -0.496. The van der Waals surface area contributed by atoms with Crippen molar-refractivity contribution in [1.82, 2.24) is 20.3 Å². The minimum absolute atomic E-state index is 0.412. The molecule has 0 atom stereocenters. The highest BCUT2D eigenvalue weighted by molar-refractivity contribution is 7.80. The van der Waals surface area contributed by atoms with Crippen molar-refractivity contribution in [2.24, 2.45) is 0 Å². The summed E-state index contributed by atoms with van der Waals surface area (Å²) in [5, 5.41) is 12.3. The number of rotatable bonds is 14. The van der Waals surface area contributed by atoms with E-state index in [1.807, 2.05) is 20.8 Å². The standard InChI is InChI=1S/C19H37N7O2S/c1-5-6-7-8-10-20-15-24-16(26-17(25-15)22-13-14-29)21-11-9-12-23-18(27)28-19(2,3)4/h29H,5-14H2,1-4H3,(H,23,27)(H3,20,21,22,24,25,26). The number of nitrogens with one attached hydrogen (secondary N) is 4. The highest BCUT2D eigenvalue weighted by Gasteiger charge is 2.15. The molecule has 1 heterocycles. The van der Waals surface area contributed by atoms with Crippen LogP contribution >= 0.6 is 12.6 Å². The number of carbonyl (C=O) groups excluding carboxylic acids is 1. The number of ether oxygens (including phenoxy) is 1. The number of anilines is 3. The van der Waals surface area contributed by atoms with E-state index in [1.54, 1.807) is 0 Å². The fourth-order valence-corrected chi connectivity index (χ4v) is 2.44. The van der Waals surface area contributed by atoms with E-state index in [0.717, 1.165) is 13.0 Å². The third-order valence-electron chi connectivity index (χ3n) is 3.65. The van der Waals surface area contributed by atoms with Crippen LogP contribution in [-0.4, -0.2) is 58.6 Å². The van der Waals surface area contributed by atoms with Crippen molar-refractivity contribution in [2.45, 2.75) is 65.4 Å². The summed E-state index contributed by atoms with van der Waals surface area (Å²) in [5.74, 6) is 2.24. The molecule has 9 nitrogen and oxygen atoms in total. The number of aromatic nitrogens is 3. The number of alkyl carbamates (subject to hydrolysis) is 1. The molecule has 0 aliphatic carbocycles. The number of carbonyl (C=O) groups is 1. The Kier molecular flexibility index (Phi) is 12.2. The molecular weight excluding hydrogens is 390 g/mol. The second-order valence-electron chi connectivity index (χ2n) is 7.65. The van der Waals surface area contributed by atoms with Crippen molar-refractivity contribution in [3.8, 4) is 0 Å². The quantitative estimate of drug-likeness (QED) is 0.226. The average molecular weight is 428 g/mol. The molecule has 29 heavy (non-hydrogen) atoms. The Balaban J connectivity index is 2.46. The van der Waals surface area contributed by atoms with Gasteiger partial charge in [0, 0.05) is 31.9 Å². The van der Waals surface area contributed by atoms with Gasteiger partial charge < -0.3 is 26.0 Å². The number of hydrogen-bond acceptors (Lipinski definition) is 9. The summed E-state index contributed by atoms with van der Waals surface area (Å²) in [6, 6.07) is 0. The van der Waals surface area contributed by atoms with Crippen LogP contribution in [0.25, 0.3) is 0 Å². The maximum Gasteiger partial charge on any atom is 0.407 e. The molecule has 0 aliphatic rings. The highest BCUT2D eigenvalue weighted by atomic mass is 32.1. The predicted molar refractivity (Wildman–Crippen MR) is 122 cm³/mol. The molecule has 1 aromatic rings. The number of thiol groups is 1. The molecule has 0 bridgehead atoms. The molecule has 0 aromatic carbocycles. The Bertz CT molecular complexity index is 596. The van der Waals surface area contributed by atoms with Gasteiger partial charge >= 0.3 is 6.09 Å². The molecular formula is C19H37N7O2S. The molecule has 0 saturated heterocycles. The van der Waals surface area contributed by atoms with Crippen molar-refractivity contribution >= 4 is 36.6 Å². The highest BCUT2D eigenvalue weighted by Crippen LogP contribution is 2.10. The second kappa shape index (κ2) is 14.1. The number of amides is 1. The van der Waals surface area contributed by atoms with Crippen LogP contribution in [0.3, 0.4) is 0 Å². The predicted octanol–water partition coefficient (Wildman–Crippen LogP) is 3.53. The first-order chi connectivity index (χ1) is 13.8. The average Bonchev–Trinajstić information content (AvgIpc) is 2.64. The summed E-state index contributed by atoms with van der Waals surface area (Å²) < 4.78 is 5.21. The zero-order chi connectivity index (χ0) is 21.5. The van der Waals surface area contributed by atoms with Gasteiger partial charge in [-0.3, -0.25) is 0 Å². The third kappa shape index (κ3) is 13.0. The van der Waals surface area contributed by atoms with E-state index >= 15 is 0 Å². The molecule has 166 valence electrons. The molecule has 10 heteroatoms. The van der Waals surface area contributed by atoms with Crippen molar-refractivity contribution in [3.63, 3.8) is 0 Å². The molecule has 0 unspecified atom stereocenters. The minimum Gasteiger partial charge on any atom is -0.444 e. The Morgan fingerprint density at radius 1 is 0.862 bits per heavy atom. The molecule has 0 radical (unpaired) electrons. The van der Waals surface area contributed by atoms with Crippen LogP contribution in [0.1, 0.15) is 59.8 Å². The van der Waals surface area contributed by atoms with Crippen molar-refractivity contribution in [2.75, 3.05) is 47.9 Å². The van der Waals surface area contributed by atoms with Gasteiger partial charge in [-0.2, -0.15) is 27.6 Å². The molecule has 4 N–H and O–H groups in total. The normalized spacial score (nSPS) is 11.1. The first-order valence-electron chi connectivity index (χ1n) is 10.4. The fourth-order valence-electron chi connectivity index (χ4n) is 2.33. The molecule has 0 spiro atoms. The number of hydrogen-bond donors (Lipinski definition) is 5. The smallest absolute Gasteiger partial charge is 0.407 e. The molecule has 0 aliphatic heterocycles. The Morgan fingerprint density at radius 3 is 1.93 bits per heavy atom. The first kappa shape index (κ1) is 25.1.